The Labute approximate surface area is 248 Å². The van der Waals surface area contributed by atoms with Crippen molar-refractivity contribution in [3.8, 4) is 0 Å². The molecule has 4 N–H and O–H groups in total. The van der Waals surface area contributed by atoms with Gasteiger partial charge in [0.25, 0.3) is 20.2 Å². The van der Waals surface area contributed by atoms with E-state index in [1.807, 2.05) is 0 Å². The summed E-state index contributed by atoms with van der Waals surface area (Å²) >= 11 is 1.50. The Kier molecular flexibility index (Phi) is 10.5. The Morgan fingerprint density at radius 2 is 0.738 bits per heavy atom. The van der Waals surface area contributed by atoms with Crippen molar-refractivity contribution in [3.05, 3.63) is 119 Å². The fourth-order valence-electron chi connectivity index (χ4n) is 3.96. The lowest BCUT2D eigenvalue weighted by Crippen LogP contribution is -2.01. The quantitative estimate of drug-likeness (QED) is 0.0456. The summed E-state index contributed by atoms with van der Waals surface area (Å²) < 4.78 is 74.8. The molecule has 0 aliphatic rings. The van der Waals surface area contributed by atoms with Crippen LogP contribution in [0.1, 0.15) is 22.3 Å². The van der Waals surface area contributed by atoms with E-state index in [0.29, 0.717) is 43.2 Å². The highest BCUT2D eigenvalue weighted by atomic mass is 32.2. The highest BCUT2D eigenvalue weighted by molar-refractivity contribution is 7.94. The lowest BCUT2D eigenvalue weighted by atomic mass is 9.86. The maximum absolute atomic E-state index is 11.7. The van der Waals surface area contributed by atoms with E-state index >= 15 is 0 Å². The molecule has 0 unspecified atom stereocenters. The van der Waals surface area contributed by atoms with Gasteiger partial charge in [0.1, 0.15) is 0 Å². The van der Waals surface area contributed by atoms with E-state index in [1.54, 1.807) is 48.5 Å². The Balaban J connectivity index is 2.00. The molecule has 12 nitrogen and oxygen atoms in total. The Morgan fingerprint density at radius 3 is 0.976 bits per heavy atom. The maximum Gasteiger partial charge on any atom is 0.294 e. The van der Waals surface area contributed by atoms with Gasteiger partial charge in [0.2, 0.25) is 0 Å². The van der Waals surface area contributed by atoms with Crippen LogP contribution in [-0.2, 0) is 39.0 Å². The van der Waals surface area contributed by atoms with Crippen LogP contribution in [-0.4, -0.2) is 36.5 Å². The fourth-order valence-corrected chi connectivity index (χ4v) is 5.63. The molecular weight excluding hydrogens is 633 g/mol. The van der Waals surface area contributed by atoms with E-state index in [0.717, 1.165) is 24.1 Å². The summed E-state index contributed by atoms with van der Waals surface area (Å²) in [5.74, 6) is 0. The second kappa shape index (κ2) is 13.9. The summed E-state index contributed by atoms with van der Waals surface area (Å²) in [6, 6.07) is 24.6. The summed E-state index contributed by atoms with van der Waals surface area (Å²) in [6.45, 7) is 0. The summed E-state index contributed by atoms with van der Waals surface area (Å²) in [6.07, 6.45) is 0. The fraction of sp³-hybridized carbons (Fsp3) is 0. The number of benzene rings is 4. The molecule has 4 aromatic rings. The van der Waals surface area contributed by atoms with Crippen LogP contribution in [0.2, 0.25) is 0 Å². The van der Waals surface area contributed by atoms with E-state index in [9.17, 15) is 25.9 Å². The zero-order chi connectivity index (χ0) is 30.3. The van der Waals surface area contributed by atoms with Crippen LogP contribution in [0.15, 0.2) is 117 Å². The van der Waals surface area contributed by atoms with Gasteiger partial charge in [-0.05, 0) is 81.9 Å². The van der Waals surface area contributed by atoms with Gasteiger partial charge in [-0.3, -0.25) is 9.11 Å². The van der Waals surface area contributed by atoms with E-state index in [4.69, 9.17) is 10.5 Å². The molecule has 0 aliphatic carbocycles. The molecule has 0 atom stereocenters. The highest BCUT2D eigenvalue weighted by Crippen LogP contribution is 2.39. The number of hydrogen-bond acceptors (Lipinski definition) is 12. The van der Waals surface area contributed by atoms with Crippen molar-refractivity contribution in [2.24, 2.45) is 0 Å². The van der Waals surface area contributed by atoms with Crippen molar-refractivity contribution in [1.29, 1.82) is 0 Å². The summed E-state index contributed by atoms with van der Waals surface area (Å²) in [7, 11) is -8.94. The molecule has 42 heavy (non-hydrogen) atoms. The third-order valence-electron chi connectivity index (χ3n) is 5.74. The van der Waals surface area contributed by atoms with Crippen molar-refractivity contribution in [2.75, 3.05) is 0 Å². The van der Waals surface area contributed by atoms with Gasteiger partial charge in [-0.25, -0.2) is 10.5 Å². The second-order valence-corrected chi connectivity index (χ2v) is 12.6. The number of hydrogen-bond donors (Lipinski definition) is 4. The minimum atomic E-state index is -4.47. The van der Waals surface area contributed by atoms with Gasteiger partial charge in [0, 0.05) is 9.79 Å². The lowest BCUT2D eigenvalue weighted by molar-refractivity contribution is -0.432. The largest absolute Gasteiger partial charge is 0.294 e. The van der Waals surface area contributed by atoms with Crippen LogP contribution in [0, 0.1) is 0 Å². The summed E-state index contributed by atoms with van der Waals surface area (Å²) in [4.78, 5) is 0.510. The first-order chi connectivity index (χ1) is 20.0. The molecule has 0 saturated heterocycles. The first-order valence-corrected chi connectivity index (χ1v) is 15.8. The van der Waals surface area contributed by atoms with E-state index in [2.05, 4.69) is 18.7 Å². The standard InChI is InChI=1S/C26H20O12S4/c27-35-37-39-21-9-1-17(2-10-21)25(19-5-13-23(14-6-19)41(29,30)31)26(18-3-11-22(12-4-18)40-38-36-28)20-7-15-24(16-8-20)42(32,33)34/h1-16,27-28H,(H,29,30,31)(H,32,33,34). The minimum Gasteiger partial charge on any atom is -0.282 e. The van der Waals surface area contributed by atoms with Gasteiger partial charge in [-0.2, -0.15) is 16.8 Å². The molecule has 16 heteroatoms. The molecule has 0 radical (unpaired) electrons. The molecule has 0 heterocycles. The zero-order valence-electron chi connectivity index (χ0n) is 20.9. The van der Waals surface area contributed by atoms with Gasteiger partial charge in [0.05, 0.1) is 33.9 Å². The third kappa shape index (κ3) is 8.04. The van der Waals surface area contributed by atoms with Crippen LogP contribution in [0.3, 0.4) is 0 Å². The second-order valence-electron chi connectivity index (χ2n) is 8.25. The van der Waals surface area contributed by atoms with Crippen molar-refractivity contribution in [2.45, 2.75) is 19.6 Å². The van der Waals surface area contributed by atoms with Crippen LogP contribution in [0.5, 0.6) is 0 Å². The predicted molar refractivity (Wildman–Crippen MR) is 152 cm³/mol. The molecule has 0 bridgehead atoms. The molecule has 4 aromatic carbocycles. The van der Waals surface area contributed by atoms with Crippen LogP contribution >= 0.6 is 24.1 Å². The van der Waals surface area contributed by atoms with Gasteiger partial charge in [0.15, 0.2) is 0 Å². The van der Waals surface area contributed by atoms with Crippen molar-refractivity contribution in [1.82, 2.24) is 0 Å². The van der Waals surface area contributed by atoms with Gasteiger partial charge in [-0.1, -0.05) is 58.6 Å². The summed E-state index contributed by atoms with van der Waals surface area (Å²) in [5, 5.41) is 24.2. The Hall–Kier alpha value is -3.10. The average molecular weight is 653 g/mol. The van der Waals surface area contributed by atoms with Gasteiger partial charge in [-0.15, -0.1) is 8.67 Å². The average Bonchev–Trinajstić information content (AvgIpc) is 2.98. The maximum atomic E-state index is 11.7. The third-order valence-corrected chi connectivity index (χ3v) is 8.66. The molecule has 0 aromatic heterocycles. The molecule has 0 spiro atoms. The predicted octanol–water partition coefficient (Wildman–Crippen LogP) is 6.04. The molecule has 4 rings (SSSR count). The molecule has 0 saturated carbocycles. The van der Waals surface area contributed by atoms with Crippen LogP contribution in [0.4, 0.5) is 0 Å². The molecule has 0 amide bonds. The van der Waals surface area contributed by atoms with E-state index in [1.165, 1.54) is 48.5 Å². The van der Waals surface area contributed by atoms with E-state index < -0.39 is 20.2 Å². The lowest BCUT2D eigenvalue weighted by Gasteiger charge is -2.19. The Morgan fingerprint density at radius 1 is 0.476 bits per heavy atom. The SMILES string of the molecule is O=S(=O)(O)c1ccc(C(=C(c2ccc(SOOO)cc2)c2ccc(S(=O)(=O)O)cc2)c2ccc(SOOO)cc2)cc1. The Bertz CT molecular complexity index is 1620. The van der Waals surface area contributed by atoms with Crippen LogP contribution in [0.25, 0.3) is 11.1 Å². The minimum absolute atomic E-state index is 0.315. The topological polar surface area (TPSA) is 186 Å². The number of rotatable bonds is 12. The highest BCUT2D eigenvalue weighted by Gasteiger charge is 2.19. The van der Waals surface area contributed by atoms with Crippen molar-refractivity contribution >= 4 is 55.5 Å². The van der Waals surface area contributed by atoms with Crippen molar-refractivity contribution < 1.29 is 55.2 Å². The first-order valence-electron chi connectivity index (χ1n) is 11.4. The smallest absolute Gasteiger partial charge is 0.282 e. The monoisotopic (exact) mass is 652 g/mol. The molecule has 0 aliphatic heterocycles. The first kappa shape index (κ1) is 31.8. The normalized spacial score (nSPS) is 12.7. The molecule has 0 fully saturated rings. The van der Waals surface area contributed by atoms with Gasteiger partial charge < -0.3 is 0 Å². The van der Waals surface area contributed by atoms with Crippen LogP contribution < -0.4 is 0 Å². The van der Waals surface area contributed by atoms with E-state index in [-0.39, 0.29) is 9.79 Å². The molecule has 220 valence electrons. The van der Waals surface area contributed by atoms with Crippen molar-refractivity contribution in [3.63, 3.8) is 0 Å². The summed E-state index contributed by atoms with van der Waals surface area (Å²) in [5.41, 5.74) is 3.47. The molecular formula is C26H20O12S4. The van der Waals surface area contributed by atoms with Gasteiger partial charge >= 0.3 is 0 Å². The zero-order valence-corrected chi connectivity index (χ0v) is 24.2.